The second kappa shape index (κ2) is 5.42. The molecule has 0 unspecified atom stereocenters. The topological polar surface area (TPSA) is 66.4 Å². The van der Waals surface area contributed by atoms with Gasteiger partial charge < -0.3 is 10.4 Å². The van der Waals surface area contributed by atoms with Crippen LogP contribution in [0.3, 0.4) is 0 Å². The van der Waals surface area contributed by atoms with Crippen molar-refractivity contribution in [3.8, 4) is 0 Å². The van der Waals surface area contributed by atoms with Crippen molar-refractivity contribution >= 4 is 11.9 Å². The number of rotatable bonds is 6. The third-order valence-corrected chi connectivity index (χ3v) is 2.32. The Hall–Kier alpha value is -1.32. The van der Waals surface area contributed by atoms with E-state index < -0.39 is 11.5 Å². The lowest BCUT2D eigenvalue weighted by Gasteiger charge is -2.27. The first-order valence-corrected chi connectivity index (χ1v) is 4.67. The van der Waals surface area contributed by atoms with Crippen LogP contribution in [-0.2, 0) is 9.59 Å². The van der Waals surface area contributed by atoms with E-state index in [0.717, 1.165) is 0 Å². The van der Waals surface area contributed by atoms with E-state index in [-0.39, 0.29) is 12.3 Å². The van der Waals surface area contributed by atoms with Crippen LogP contribution in [0, 0.1) is 0 Å². The molecule has 14 heavy (non-hydrogen) atoms. The maximum absolute atomic E-state index is 11.2. The Balaban J connectivity index is 4.58. The van der Waals surface area contributed by atoms with Gasteiger partial charge in [-0.25, -0.2) is 4.79 Å². The van der Waals surface area contributed by atoms with Gasteiger partial charge in [0, 0.05) is 6.42 Å². The van der Waals surface area contributed by atoms with Gasteiger partial charge in [0.05, 0.1) is 0 Å². The molecule has 1 amide bonds. The summed E-state index contributed by atoms with van der Waals surface area (Å²) >= 11 is 0. The maximum Gasteiger partial charge on any atom is 0.329 e. The summed E-state index contributed by atoms with van der Waals surface area (Å²) in [6.07, 6.45) is 2.35. The predicted molar refractivity (Wildman–Crippen MR) is 53.9 cm³/mol. The summed E-state index contributed by atoms with van der Waals surface area (Å²) in [5, 5.41) is 11.5. The molecule has 0 aliphatic heterocycles. The first-order valence-electron chi connectivity index (χ1n) is 4.67. The fourth-order valence-electron chi connectivity index (χ4n) is 1.23. The molecule has 0 aromatic heterocycles. The standard InChI is InChI=1S/C10H17NO3/c1-4-7-8(12)11-10(5-2,6-3)9(13)14/h4H,1,5-7H2,2-3H3,(H,11,12)(H,13,14). The molecule has 0 spiro atoms. The largest absolute Gasteiger partial charge is 0.480 e. The van der Waals surface area contributed by atoms with Gasteiger partial charge in [-0.05, 0) is 12.8 Å². The molecule has 0 fully saturated rings. The van der Waals surface area contributed by atoms with Crippen molar-refractivity contribution in [2.75, 3.05) is 0 Å². The van der Waals surface area contributed by atoms with Gasteiger partial charge in [-0.2, -0.15) is 0 Å². The van der Waals surface area contributed by atoms with E-state index in [2.05, 4.69) is 11.9 Å². The van der Waals surface area contributed by atoms with Crippen LogP contribution in [0.2, 0.25) is 0 Å². The lowest BCUT2D eigenvalue weighted by atomic mass is 9.93. The van der Waals surface area contributed by atoms with E-state index in [1.165, 1.54) is 6.08 Å². The van der Waals surface area contributed by atoms with Gasteiger partial charge in [0.25, 0.3) is 0 Å². The van der Waals surface area contributed by atoms with E-state index in [4.69, 9.17) is 5.11 Å². The second-order valence-electron chi connectivity index (χ2n) is 3.14. The smallest absolute Gasteiger partial charge is 0.329 e. The summed E-state index contributed by atoms with van der Waals surface area (Å²) in [5.41, 5.74) is -1.12. The van der Waals surface area contributed by atoms with Crippen molar-refractivity contribution in [3.63, 3.8) is 0 Å². The molecular formula is C10H17NO3. The van der Waals surface area contributed by atoms with E-state index >= 15 is 0 Å². The van der Waals surface area contributed by atoms with E-state index in [0.29, 0.717) is 12.8 Å². The van der Waals surface area contributed by atoms with Gasteiger partial charge in [-0.15, -0.1) is 6.58 Å². The summed E-state index contributed by atoms with van der Waals surface area (Å²) in [7, 11) is 0. The molecule has 0 aliphatic rings. The lowest BCUT2D eigenvalue weighted by molar-refractivity contribution is -0.148. The summed E-state index contributed by atoms with van der Waals surface area (Å²) in [6.45, 7) is 6.90. The van der Waals surface area contributed by atoms with Crippen molar-refractivity contribution in [2.45, 2.75) is 38.6 Å². The zero-order chi connectivity index (χ0) is 11.2. The summed E-state index contributed by atoms with van der Waals surface area (Å²) < 4.78 is 0. The Morgan fingerprint density at radius 3 is 2.21 bits per heavy atom. The number of carboxylic acid groups (broad SMARTS) is 1. The Labute approximate surface area is 84.0 Å². The zero-order valence-corrected chi connectivity index (χ0v) is 8.67. The number of amides is 1. The number of nitrogens with one attached hydrogen (secondary N) is 1. The molecule has 0 bridgehead atoms. The van der Waals surface area contributed by atoms with Crippen LogP contribution in [-0.4, -0.2) is 22.5 Å². The molecule has 0 radical (unpaired) electrons. The average molecular weight is 199 g/mol. The van der Waals surface area contributed by atoms with Crippen LogP contribution >= 0.6 is 0 Å². The molecule has 0 atom stereocenters. The Morgan fingerprint density at radius 2 is 1.93 bits per heavy atom. The molecule has 0 rings (SSSR count). The summed E-state index contributed by atoms with van der Waals surface area (Å²) in [4.78, 5) is 22.2. The van der Waals surface area contributed by atoms with Crippen molar-refractivity contribution in [3.05, 3.63) is 12.7 Å². The number of aliphatic carboxylic acids is 1. The molecule has 0 aromatic carbocycles. The number of hydrogen-bond donors (Lipinski definition) is 2. The number of carbonyl (C=O) groups is 2. The van der Waals surface area contributed by atoms with E-state index in [1.54, 1.807) is 13.8 Å². The van der Waals surface area contributed by atoms with Crippen molar-refractivity contribution in [1.29, 1.82) is 0 Å². The van der Waals surface area contributed by atoms with Crippen LogP contribution in [0.15, 0.2) is 12.7 Å². The van der Waals surface area contributed by atoms with Gasteiger partial charge in [-0.3, -0.25) is 4.79 Å². The minimum Gasteiger partial charge on any atom is -0.480 e. The molecule has 4 heteroatoms. The Morgan fingerprint density at radius 1 is 1.43 bits per heavy atom. The molecule has 0 saturated heterocycles. The highest BCUT2D eigenvalue weighted by molar-refractivity contribution is 5.87. The molecule has 2 N–H and O–H groups in total. The molecular weight excluding hydrogens is 182 g/mol. The number of carboxylic acids is 1. The number of hydrogen-bond acceptors (Lipinski definition) is 2. The monoisotopic (exact) mass is 199 g/mol. The highest BCUT2D eigenvalue weighted by Crippen LogP contribution is 2.15. The molecule has 0 aliphatic carbocycles. The minimum absolute atomic E-state index is 0.148. The fourth-order valence-corrected chi connectivity index (χ4v) is 1.23. The SMILES string of the molecule is C=CCC(=O)NC(CC)(CC)C(=O)O. The van der Waals surface area contributed by atoms with Gasteiger partial charge in [0.1, 0.15) is 5.54 Å². The van der Waals surface area contributed by atoms with Crippen molar-refractivity contribution < 1.29 is 14.7 Å². The molecule has 0 saturated carbocycles. The Bertz CT molecular complexity index is 232. The van der Waals surface area contributed by atoms with E-state index in [1.807, 2.05) is 0 Å². The van der Waals surface area contributed by atoms with Gasteiger partial charge >= 0.3 is 5.97 Å². The first kappa shape index (κ1) is 12.7. The van der Waals surface area contributed by atoms with Gasteiger partial charge in [0.2, 0.25) is 5.91 Å². The van der Waals surface area contributed by atoms with Crippen molar-refractivity contribution in [2.24, 2.45) is 0 Å². The zero-order valence-electron chi connectivity index (χ0n) is 8.67. The molecule has 0 heterocycles. The van der Waals surface area contributed by atoms with Gasteiger partial charge in [-0.1, -0.05) is 19.9 Å². The third-order valence-electron chi connectivity index (χ3n) is 2.32. The van der Waals surface area contributed by atoms with Crippen molar-refractivity contribution in [1.82, 2.24) is 5.32 Å². The van der Waals surface area contributed by atoms with Crippen LogP contribution in [0.4, 0.5) is 0 Å². The summed E-state index contributed by atoms with van der Waals surface area (Å²) in [5.74, 6) is -1.29. The quantitative estimate of drug-likeness (QED) is 0.634. The number of carbonyl (C=O) groups excluding carboxylic acids is 1. The highest BCUT2D eigenvalue weighted by Gasteiger charge is 2.35. The summed E-state index contributed by atoms with van der Waals surface area (Å²) in [6, 6.07) is 0. The molecule has 4 nitrogen and oxygen atoms in total. The maximum atomic E-state index is 11.2. The van der Waals surface area contributed by atoms with Crippen LogP contribution in [0.1, 0.15) is 33.1 Å². The molecule has 0 aromatic rings. The average Bonchev–Trinajstić information content (AvgIpc) is 2.14. The van der Waals surface area contributed by atoms with Crippen LogP contribution in [0.25, 0.3) is 0 Å². The normalized spacial score (nSPS) is 10.7. The third kappa shape index (κ3) is 2.87. The fraction of sp³-hybridized carbons (Fsp3) is 0.600. The van der Waals surface area contributed by atoms with Crippen LogP contribution < -0.4 is 5.32 Å². The predicted octanol–water partition coefficient (Wildman–Crippen LogP) is 1.32. The molecule has 80 valence electrons. The lowest BCUT2D eigenvalue weighted by Crippen LogP contribution is -2.53. The Kier molecular flexibility index (Phi) is 4.91. The highest BCUT2D eigenvalue weighted by atomic mass is 16.4. The second-order valence-corrected chi connectivity index (χ2v) is 3.14. The first-order chi connectivity index (χ1) is 6.52. The minimum atomic E-state index is -1.12. The van der Waals surface area contributed by atoms with Gasteiger partial charge in [0.15, 0.2) is 0 Å². The van der Waals surface area contributed by atoms with E-state index in [9.17, 15) is 9.59 Å². The van der Waals surface area contributed by atoms with Crippen LogP contribution in [0.5, 0.6) is 0 Å².